The summed E-state index contributed by atoms with van der Waals surface area (Å²) in [6.07, 6.45) is 1.60. The number of thioether (sulfide) groups is 1. The zero-order chi connectivity index (χ0) is 19.3. The van der Waals surface area contributed by atoms with Gasteiger partial charge in [0.1, 0.15) is 11.0 Å². The van der Waals surface area contributed by atoms with E-state index in [1.807, 2.05) is 13.8 Å². The summed E-state index contributed by atoms with van der Waals surface area (Å²) < 4.78 is 10.8. The minimum atomic E-state index is -0.668. The summed E-state index contributed by atoms with van der Waals surface area (Å²) >= 11 is 1.62. The zero-order valence-corrected chi connectivity index (χ0v) is 16.0. The van der Waals surface area contributed by atoms with Gasteiger partial charge >= 0.3 is 0 Å². The molecule has 0 aliphatic carbocycles. The van der Waals surface area contributed by atoms with Crippen LogP contribution < -0.4 is 4.74 Å². The molecule has 0 spiro atoms. The standard InChI is InChI=1S/C17H24N2O6S/c1-4-25-17(26-5-2)12-7-6-8-18(12)16(21)11-9-15(24-3)14(20)10-13(11)19(22)23/h9-10,12,17,20H,4-8H2,1-3H3/t12-,17?/m0/s1. The van der Waals surface area contributed by atoms with Crippen molar-refractivity contribution in [2.75, 3.05) is 26.0 Å². The van der Waals surface area contributed by atoms with Gasteiger partial charge < -0.3 is 19.5 Å². The summed E-state index contributed by atoms with van der Waals surface area (Å²) in [5, 5.41) is 21.2. The van der Waals surface area contributed by atoms with Gasteiger partial charge in [0.2, 0.25) is 0 Å². The molecule has 26 heavy (non-hydrogen) atoms. The van der Waals surface area contributed by atoms with Crippen LogP contribution >= 0.6 is 11.8 Å². The Morgan fingerprint density at radius 2 is 2.23 bits per heavy atom. The van der Waals surface area contributed by atoms with Gasteiger partial charge in [-0.05, 0) is 25.5 Å². The van der Waals surface area contributed by atoms with Crippen LogP contribution in [0.5, 0.6) is 11.5 Å². The maximum Gasteiger partial charge on any atom is 0.286 e. The van der Waals surface area contributed by atoms with E-state index in [4.69, 9.17) is 9.47 Å². The molecule has 1 aliphatic rings. The van der Waals surface area contributed by atoms with E-state index in [9.17, 15) is 20.0 Å². The van der Waals surface area contributed by atoms with Crippen molar-refractivity contribution in [2.45, 2.75) is 38.2 Å². The smallest absolute Gasteiger partial charge is 0.286 e. The lowest BCUT2D eigenvalue weighted by Crippen LogP contribution is -2.43. The summed E-state index contributed by atoms with van der Waals surface area (Å²) in [7, 11) is 1.33. The highest BCUT2D eigenvalue weighted by Crippen LogP contribution is 2.36. The van der Waals surface area contributed by atoms with E-state index in [-0.39, 0.29) is 28.5 Å². The average molecular weight is 384 g/mol. The number of phenolic OH excluding ortho intramolecular Hbond substituents is 1. The molecule has 1 aromatic rings. The maximum absolute atomic E-state index is 13.1. The Labute approximate surface area is 156 Å². The number of phenols is 1. The van der Waals surface area contributed by atoms with Gasteiger partial charge in [-0.15, -0.1) is 11.8 Å². The first-order valence-electron chi connectivity index (χ1n) is 8.54. The minimum absolute atomic E-state index is 0.0268. The van der Waals surface area contributed by atoms with Crippen molar-refractivity contribution in [3.05, 3.63) is 27.8 Å². The molecule has 0 bridgehead atoms. The van der Waals surface area contributed by atoms with Gasteiger partial charge in [-0.25, -0.2) is 0 Å². The van der Waals surface area contributed by atoms with E-state index in [0.717, 1.165) is 24.7 Å². The van der Waals surface area contributed by atoms with Crippen LogP contribution in [-0.4, -0.2) is 58.3 Å². The summed E-state index contributed by atoms with van der Waals surface area (Å²) in [5.74, 6) is 0.0523. The fourth-order valence-corrected chi connectivity index (χ4v) is 4.19. The van der Waals surface area contributed by atoms with Crippen LogP contribution in [0.15, 0.2) is 12.1 Å². The molecular weight excluding hydrogens is 360 g/mol. The average Bonchev–Trinajstić information content (AvgIpc) is 3.10. The number of likely N-dealkylation sites (tertiary alicyclic amines) is 1. The van der Waals surface area contributed by atoms with E-state index >= 15 is 0 Å². The van der Waals surface area contributed by atoms with Crippen molar-refractivity contribution < 1.29 is 24.3 Å². The normalized spacial score (nSPS) is 18.0. The molecule has 1 unspecified atom stereocenters. The van der Waals surface area contributed by atoms with Crippen molar-refractivity contribution >= 4 is 23.4 Å². The topological polar surface area (TPSA) is 102 Å². The number of ether oxygens (including phenoxy) is 2. The molecule has 1 amide bonds. The number of benzene rings is 1. The lowest BCUT2D eigenvalue weighted by molar-refractivity contribution is -0.385. The predicted molar refractivity (Wildman–Crippen MR) is 98.9 cm³/mol. The highest BCUT2D eigenvalue weighted by Gasteiger charge is 2.38. The SMILES string of the molecule is CCOC(SCC)[C@@H]1CCCN1C(=O)c1cc(OC)c(O)cc1[N+](=O)[O-]. The number of aromatic hydroxyl groups is 1. The molecule has 1 aliphatic heterocycles. The lowest BCUT2D eigenvalue weighted by Gasteiger charge is -2.31. The third-order valence-electron chi connectivity index (χ3n) is 4.26. The summed E-state index contributed by atoms with van der Waals surface area (Å²) in [6.45, 7) is 4.97. The second-order valence-corrected chi connectivity index (χ2v) is 7.16. The molecule has 2 atom stereocenters. The van der Waals surface area contributed by atoms with Crippen LogP contribution in [0.4, 0.5) is 5.69 Å². The van der Waals surface area contributed by atoms with E-state index in [0.29, 0.717) is 13.2 Å². The fraction of sp³-hybridized carbons (Fsp3) is 0.588. The van der Waals surface area contributed by atoms with Crippen LogP contribution in [0.1, 0.15) is 37.0 Å². The van der Waals surface area contributed by atoms with Crippen LogP contribution in [0.2, 0.25) is 0 Å². The van der Waals surface area contributed by atoms with Gasteiger partial charge in [-0.3, -0.25) is 14.9 Å². The number of carbonyl (C=O) groups is 1. The van der Waals surface area contributed by atoms with E-state index in [2.05, 4.69) is 0 Å². The second-order valence-electron chi connectivity index (χ2n) is 5.79. The molecule has 0 saturated carbocycles. The first-order valence-corrected chi connectivity index (χ1v) is 9.58. The molecule has 0 aromatic heterocycles. The maximum atomic E-state index is 13.1. The number of methoxy groups -OCH3 is 1. The quantitative estimate of drug-likeness (QED) is 0.417. The monoisotopic (exact) mass is 384 g/mol. The van der Waals surface area contributed by atoms with E-state index in [1.54, 1.807) is 16.7 Å². The molecule has 0 radical (unpaired) electrons. The number of nitro benzene ring substituents is 1. The van der Waals surface area contributed by atoms with Gasteiger partial charge in [-0.1, -0.05) is 6.92 Å². The third-order valence-corrected chi connectivity index (χ3v) is 5.37. The van der Waals surface area contributed by atoms with Gasteiger partial charge in [0.15, 0.2) is 11.5 Å². The lowest BCUT2D eigenvalue weighted by atomic mass is 10.1. The Hall–Kier alpha value is -2.00. The molecular formula is C17H24N2O6S. The number of carbonyl (C=O) groups excluding carboxylic acids is 1. The Kier molecular flexibility index (Phi) is 7.10. The minimum Gasteiger partial charge on any atom is -0.504 e. The van der Waals surface area contributed by atoms with Crippen LogP contribution in [-0.2, 0) is 4.74 Å². The molecule has 1 fully saturated rings. The van der Waals surface area contributed by atoms with Gasteiger partial charge in [-0.2, -0.15) is 0 Å². The fourth-order valence-electron chi connectivity index (χ4n) is 3.12. The van der Waals surface area contributed by atoms with Crippen LogP contribution in [0.3, 0.4) is 0 Å². The first kappa shape index (κ1) is 20.3. The summed E-state index contributed by atoms with van der Waals surface area (Å²) in [6, 6.07) is 2.04. The largest absolute Gasteiger partial charge is 0.504 e. The zero-order valence-electron chi connectivity index (χ0n) is 15.1. The predicted octanol–water partition coefficient (Wildman–Crippen LogP) is 3.03. The van der Waals surface area contributed by atoms with Gasteiger partial charge in [0.05, 0.1) is 24.1 Å². The molecule has 2 rings (SSSR count). The van der Waals surface area contributed by atoms with Crippen molar-refractivity contribution in [3.8, 4) is 11.5 Å². The number of rotatable bonds is 8. The highest BCUT2D eigenvalue weighted by molar-refractivity contribution is 7.99. The second kappa shape index (κ2) is 9.09. The summed E-state index contributed by atoms with van der Waals surface area (Å²) in [5.41, 5.74) is -0.696. The van der Waals surface area contributed by atoms with Crippen molar-refractivity contribution in [3.63, 3.8) is 0 Å². The molecule has 144 valence electrons. The van der Waals surface area contributed by atoms with Crippen LogP contribution in [0.25, 0.3) is 0 Å². The number of hydrogen-bond acceptors (Lipinski definition) is 7. The van der Waals surface area contributed by atoms with Gasteiger partial charge in [0.25, 0.3) is 11.6 Å². The Morgan fingerprint density at radius 1 is 1.50 bits per heavy atom. The van der Waals surface area contributed by atoms with Crippen LogP contribution in [0, 0.1) is 10.1 Å². The summed E-state index contributed by atoms with van der Waals surface area (Å²) in [4.78, 5) is 25.4. The number of nitro groups is 1. The molecule has 8 nitrogen and oxygen atoms in total. The Morgan fingerprint density at radius 3 is 2.81 bits per heavy atom. The Bertz CT molecular complexity index is 663. The number of hydrogen-bond donors (Lipinski definition) is 1. The molecule has 9 heteroatoms. The van der Waals surface area contributed by atoms with Crippen molar-refractivity contribution in [1.82, 2.24) is 4.90 Å². The molecule has 1 aromatic carbocycles. The first-order chi connectivity index (χ1) is 12.4. The van der Waals surface area contributed by atoms with E-state index in [1.165, 1.54) is 13.2 Å². The Balaban J connectivity index is 2.38. The molecule has 1 heterocycles. The molecule has 1 N–H and O–H groups in total. The third kappa shape index (κ3) is 4.21. The van der Waals surface area contributed by atoms with Crippen molar-refractivity contribution in [1.29, 1.82) is 0 Å². The van der Waals surface area contributed by atoms with Crippen molar-refractivity contribution in [2.24, 2.45) is 0 Å². The number of nitrogens with zero attached hydrogens (tertiary/aromatic N) is 2. The van der Waals surface area contributed by atoms with Gasteiger partial charge in [0, 0.05) is 19.2 Å². The number of amides is 1. The van der Waals surface area contributed by atoms with E-state index < -0.39 is 16.5 Å². The highest BCUT2D eigenvalue weighted by atomic mass is 32.2. The molecule has 1 saturated heterocycles.